The number of benzene rings is 1. The molecule has 2 aromatic rings. The maximum atomic E-state index is 11.7. The zero-order valence-corrected chi connectivity index (χ0v) is 10.5. The minimum Gasteiger partial charge on any atom is -0.397 e. The molecule has 0 saturated carbocycles. The summed E-state index contributed by atoms with van der Waals surface area (Å²) in [7, 11) is 0. The van der Waals surface area contributed by atoms with E-state index in [9.17, 15) is 9.90 Å². The highest BCUT2D eigenvalue weighted by molar-refractivity contribution is 5.88. The summed E-state index contributed by atoms with van der Waals surface area (Å²) >= 11 is 0. The average Bonchev–Trinajstić information content (AvgIpc) is 2.87. The SMILES string of the molecule is Nc1cc2c(=O)[nH]cnc2cc1N1CCCC1CO. The Bertz CT molecular complexity index is 667. The van der Waals surface area contributed by atoms with E-state index < -0.39 is 0 Å². The molecule has 1 aliphatic rings. The van der Waals surface area contributed by atoms with Gasteiger partial charge in [0.2, 0.25) is 0 Å². The Balaban J connectivity index is 2.14. The second-order valence-electron chi connectivity index (χ2n) is 4.83. The summed E-state index contributed by atoms with van der Waals surface area (Å²) in [5.74, 6) is 0. The number of hydrogen-bond donors (Lipinski definition) is 3. The van der Waals surface area contributed by atoms with Gasteiger partial charge in [0.25, 0.3) is 5.56 Å². The van der Waals surface area contributed by atoms with Crippen molar-refractivity contribution in [1.82, 2.24) is 9.97 Å². The number of aliphatic hydroxyl groups is 1. The number of aromatic amines is 1. The fourth-order valence-corrected chi connectivity index (χ4v) is 2.71. The van der Waals surface area contributed by atoms with Crippen LogP contribution in [0.1, 0.15) is 12.8 Å². The van der Waals surface area contributed by atoms with Crippen molar-refractivity contribution in [3.05, 3.63) is 28.8 Å². The van der Waals surface area contributed by atoms with Gasteiger partial charge >= 0.3 is 0 Å². The zero-order chi connectivity index (χ0) is 13.4. The lowest BCUT2D eigenvalue weighted by Crippen LogP contribution is -2.32. The van der Waals surface area contributed by atoms with Crippen molar-refractivity contribution in [3.63, 3.8) is 0 Å². The fourth-order valence-electron chi connectivity index (χ4n) is 2.71. The third-order valence-electron chi connectivity index (χ3n) is 3.69. The summed E-state index contributed by atoms with van der Waals surface area (Å²) in [5.41, 5.74) is 7.88. The van der Waals surface area contributed by atoms with Crippen LogP contribution in [0.3, 0.4) is 0 Å². The molecule has 1 fully saturated rings. The van der Waals surface area contributed by atoms with E-state index in [0.717, 1.165) is 25.1 Å². The normalized spacial score (nSPS) is 19.2. The van der Waals surface area contributed by atoms with Crippen LogP contribution in [0.15, 0.2) is 23.3 Å². The largest absolute Gasteiger partial charge is 0.397 e. The third-order valence-corrected chi connectivity index (χ3v) is 3.69. The number of hydrogen-bond acceptors (Lipinski definition) is 5. The second-order valence-corrected chi connectivity index (χ2v) is 4.83. The first-order chi connectivity index (χ1) is 9.20. The third kappa shape index (κ3) is 1.94. The summed E-state index contributed by atoms with van der Waals surface area (Å²) < 4.78 is 0. The van der Waals surface area contributed by atoms with E-state index in [1.54, 1.807) is 6.07 Å². The lowest BCUT2D eigenvalue weighted by Gasteiger charge is -2.26. The van der Waals surface area contributed by atoms with Gasteiger partial charge in [0, 0.05) is 6.54 Å². The van der Waals surface area contributed by atoms with Gasteiger partial charge in [-0.3, -0.25) is 4.79 Å². The molecule has 1 aromatic carbocycles. The van der Waals surface area contributed by atoms with E-state index in [-0.39, 0.29) is 18.2 Å². The topological polar surface area (TPSA) is 95.2 Å². The van der Waals surface area contributed by atoms with Gasteiger partial charge in [-0.25, -0.2) is 4.98 Å². The predicted molar refractivity (Wildman–Crippen MR) is 74.2 cm³/mol. The number of fused-ring (bicyclic) bond motifs is 1. The molecule has 1 saturated heterocycles. The van der Waals surface area contributed by atoms with Crippen molar-refractivity contribution in [3.8, 4) is 0 Å². The highest BCUT2D eigenvalue weighted by Gasteiger charge is 2.25. The first-order valence-electron chi connectivity index (χ1n) is 6.35. The van der Waals surface area contributed by atoms with Crippen LogP contribution in [-0.4, -0.2) is 34.3 Å². The molecule has 1 aromatic heterocycles. The monoisotopic (exact) mass is 260 g/mol. The molecule has 0 radical (unpaired) electrons. The number of H-pyrrole nitrogens is 1. The van der Waals surface area contributed by atoms with Crippen LogP contribution < -0.4 is 16.2 Å². The smallest absolute Gasteiger partial charge is 0.258 e. The van der Waals surface area contributed by atoms with Gasteiger partial charge in [-0.1, -0.05) is 0 Å². The maximum Gasteiger partial charge on any atom is 0.258 e. The van der Waals surface area contributed by atoms with Gasteiger partial charge in [0.1, 0.15) is 0 Å². The molecule has 1 aliphatic heterocycles. The Kier molecular flexibility index (Phi) is 2.87. The first kappa shape index (κ1) is 12.0. The van der Waals surface area contributed by atoms with E-state index >= 15 is 0 Å². The predicted octanol–water partition coefficient (Wildman–Crippen LogP) is 0.466. The minimum atomic E-state index is -0.191. The number of rotatable bonds is 2. The van der Waals surface area contributed by atoms with Gasteiger partial charge in [0.05, 0.1) is 41.3 Å². The Morgan fingerprint density at radius 1 is 1.53 bits per heavy atom. The molecule has 19 heavy (non-hydrogen) atoms. The molecule has 100 valence electrons. The van der Waals surface area contributed by atoms with Crippen LogP contribution in [0.5, 0.6) is 0 Å². The van der Waals surface area contributed by atoms with Crippen molar-refractivity contribution in [1.29, 1.82) is 0 Å². The number of aliphatic hydroxyl groups excluding tert-OH is 1. The molecule has 6 heteroatoms. The molecule has 6 nitrogen and oxygen atoms in total. The van der Waals surface area contributed by atoms with E-state index in [0.29, 0.717) is 16.6 Å². The Labute approximate surface area is 109 Å². The van der Waals surface area contributed by atoms with Crippen molar-refractivity contribution in [2.75, 3.05) is 23.8 Å². The van der Waals surface area contributed by atoms with E-state index in [4.69, 9.17) is 5.73 Å². The highest BCUT2D eigenvalue weighted by Crippen LogP contribution is 2.32. The summed E-state index contributed by atoms with van der Waals surface area (Å²) in [6.07, 6.45) is 3.38. The van der Waals surface area contributed by atoms with Gasteiger partial charge < -0.3 is 20.7 Å². The number of nitrogens with two attached hydrogens (primary N) is 1. The van der Waals surface area contributed by atoms with Crippen LogP contribution >= 0.6 is 0 Å². The molecule has 1 atom stereocenters. The number of anilines is 2. The van der Waals surface area contributed by atoms with Crippen LogP contribution in [-0.2, 0) is 0 Å². The first-order valence-corrected chi connectivity index (χ1v) is 6.35. The number of nitrogen functional groups attached to an aromatic ring is 1. The lowest BCUT2D eigenvalue weighted by molar-refractivity contribution is 0.266. The zero-order valence-electron chi connectivity index (χ0n) is 10.5. The average molecular weight is 260 g/mol. The molecule has 0 bridgehead atoms. The van der Waals surface area contributed by atoms with Gasteiger partial charge in [-0.15, -0.1) is 0 Å². The molecule has 0 spiro atoms. The summed E-state index contributed by atoms with van der Waals surface area (Å²) in [4.78, 5) is 20.5. The Morgan fingerprint density at radius 3 is 3.16 bits per heavy atom. The number of nitrogens with zero attached hydrogens (tertiary/aromatic N) is 2. The van der Waals surface area contributed by atoms with Gasteiger partial charge in [0.15, 0.2) is 0 Å². The van der Waals surface area contributed by atoms with Crippen molar-refractivity contribution < 1.29 is 5.11 Å². The Hall–Kier alpha value is -2.08. The van der Waals surface area contributed by atoms with Crippen molar-refractivity contribution >= 4 is 22.3 Å². The molecular weight excluding hydrogens is 244 g/mol. The Morgan fingerprint density at radius 2 is 2.37 bits per heavy atom. The molecule has 3 rings (SSSR count). The summed E-state index contributed by atoms with van der Waals surface area (Å²) in [5, 5.41) is 9.88. The standard InChI is InChI=1S/C13H16N4O2/c14-10-4-9-11(15-7-16-13(9)19)5-12(10)17-3-1-2-8(17)6-18/h4-5,7-8,18H,1-3,6,14H2,(H,15,16,19). The van der Waals surface area contributed by atoms with Crippen molar-refractivity contribution in [2.45, 2.75) is 18.9 Å². The van der Waals surface area contributed by atoms with E-state index in [1.165, 1.54) is 6.33 Å². The van der Waals surface area contributed by atoms with Crippen LogP contribution in [0.2, 0.25) is 0 Å². The lowest BCUT2D eigenvalue weighted by atomic mass is 10.1. The number of aromatic nitrogens is 2. The second kappa shape index (κ2) is 4.55. The maximum absolute atomic E-state index is 11.7. The molecule has 4 N–H and O–H groups in total. The summed E-state index contributed by atoms with van der Waals surface area (Å²) in [6, 6.07) is 3.58. The van der Waals surface area contributed by atoms with E-state index in [2.05, 4.69) is 14.9 Å². The van der Waals surface area contributed by atoms with Gasteiger partial charge in [-0.05, 0) is 25.0 Å². The molecule has 0 aliphatic carbocycles. The molecule has 0 amide bonds. The van der Waals surface area contributed by atoms with Crippen LogP contribution in [0, 0.1) is 0 Å². The number of nitrogens with one attached hydrogen (secondary N) is 1. The highest BCUT2D eigenvalue weighted by atomic mass is 16.3. The molecule has 2 heterocycles. The summed E-state index contributed by atoms with van der Waals surface area (Å²) in [6.45, 7) is 0.977. The minimum absolute atomic E-state index is 0.0988. The molecule has 1 unspecified atom stereocenters. The van der Waals surface area contributed by atoms with Crippen LogP contribution in [0.25, 0.3) is 10.9 Å². The van der Waals surface area contributed by atoms with E-state index in [1.807, 2.05) is 6.07 Å². The fraction of sp³-hybridized carbons (Fsp3) is 0.385. The van der Waals surface area contributed by atoms with Crippen molar-refractivity contribution in [2.24, 2.45) is 0 Å². The van der Waals surface area contributed by atoms with Crippen LogP contribution in [0.4, 0.5) is 11.4 Å². The van der Waals surface area contributed by atoms with Gasteiger partial charge in [-0.2, -0.15) is 0 Å². The quantitative estimate of drug-likeness (QED) is 0.682. The molecular formula is C13H16N4O2.